The van der Waals surface area contributed by atoms with E-state index in [0.717, 1.165) is 21.0 Å². The number of hydrogen-bond donors (Lipinski definition) is 1. The second kappa shape index (κ2) is 14.2. The smallest absolute Gasteiger partial charge is 0.264 e. The van der Waals surface area contributed by atoms with Crippen LogP contribution in [0.3, 0.4) is 0 Å². The van der Waals surface area contributed by atoms with Crippen molar-refractivity contribution in [1.82, 2.24) is 10.2 Å². The Bertz CT molecular complexity index is 1580. The molecule has 0 aliphatic heterocycles. The van der Waals surface area contributed by atoms with Crippen molar-refractivity contribution in [2.75, 3.05) is 17.4 Å². The van der Waals surface area contributed by atoms with Crippen LogP contribution in [0.1, 0.15) is 23.6 Å². The van der Waals surface area contributed by atoms with E-state index >= 15 is 0 Å². The number of nitrogens with zero attached hydrogens (tertiary/aromatic N) is 2. The molecule has 7 nitrogen and oxygen atoms in total. The van der Waals surface area contributed by atoms with Crippen LogP contribution in [0.5, 0.6) is 0 Å². The number of carbonyl (C=O) groups excluding carboxylic acids is 2. The maximum absolute atomic E-state index is 14.3. The van der Waals surface area contributed by atoms with Gasteiger partial charge >= 0.3 is 0 Å². The maximum Gasteiger partial charge on any atom is 0.264 e. The molecule has 218 valence electrons. The predicted molar refractivity (Wildman–Crippen MR) is 167 cm³/mol. The van der Waals surface area contributed by atoms with Gasteiger partial charge in [0.15, 0.2) is 0 Å². The van der Waals surface area contributed by atoms with Gasteiger partial charge in [0.05, 0.1) is 10.6 Å². The highest BCUT2D eigenvalue weighted by Gasteiger charge is 2.34. The molecule has 0 radical (unpaired) electrons. The summed E-state index contributed by atoms with van der Waals surface area (Å²) in [5.41, 5.74) is 2.88. The van der Waals surface area contributed by atoms with Gasteiger partial charge in [-0.2, -0.15) is 0 Å². The Labute approximate surface area is 252 Å². The third-order valence-corrected chi connectivity index (χ3v) is 8.86. The number of benzene rings is 4. The van der Waals surface area contributed by atoms with E-state index in [1.807, 2.05) is 74.5 Å². The number of rotatable bonds is 12. The molecular formula is C33H34ClN3O4S. The van der Waals surface area contributed by atoms with Crippen LogP contribution >= 0.6 is 11.6 Å². The molecule has 4 aromatic rings. The van der Waals surface area contributed by atoms with Crippen LogP contribution in [0.15, 0.2) is 114 Å². The van der Waals surface area contributed by atoms with Crippen molar-refractivity contribution < 1.29 is 18.0 Å². The zero-order valence-corrected chi connectivity index (χ0v) is 25.2. The predicted octanol–water partition coefficient (Wildman–Crippen LogP) is 5.62. The summed E-state index contributed by atoms with van der Waals surface area (Å²) in [6, 6.07) is 30.6. The van der Waals surface area contributed by atoms with Gasteiger partial charge in [-0.25, -0.2) is 8.42 Å². The van der Waals surface area contributed by atoms with Crippen molar-refractivity contribution in [3.05, 3.63) is 131 Å². The van der Waals surface area contributed by atoms with Crippen LogP contribution in [0.25, 0.3) is 0 Å². The zero-order chi connectivity index (χ0) is 30.1. The first-order valence-corrected chi connectivity index (χ1v) is 15.5. The minimum absolute atomic E-state index is 0.0509. The zero-order valence-electron chi connectivity index (χ0n) is 23.6. The first kappa shape index (κ1) is 30.8. The normalized spacial score (nSPS) is 11.9. The average molecular weight is 604 g/mol. The molecule has 1 unspecified atom stereocenters. The van der Waals surface area contributed by atoms with E-state index in [1.165, 1.54) is 17.0 Å². The van der Waals surface area contributed by atoms with Crippen molar-refractivity contribution in [1.29, 1.82) is 0 Å². The minimum Gasteiger partial charge on any atom is -0.355 e. The van der Waals surface area contributed by atoms with E-state index in [1.54, 1.807) is 36.4 Å². The number of halogens is 1. The first-order chi connectivity index (χ1) is 20.2. The lowest BCUT2D eigenvalue weighted by molar-refractivity contribution is -0.140. The summed E-state index contributed by atoms with van der Waals surface area (Å²) in [4.78, 5) is 29.3. The van der Waals surface area contributed by atoms with E-state index in [4.69, 9.17) is 11.6 Å². The molecule has 9 heteroatoms. The second-order valence-corrected chi connectivity index (χ2v) is 12.2. The molecule has 0 aromatic heterocycles. The number of anilines is 1. The van der Waals surface area contributed by atoms with Gasteiger partial charge in [0, 0.05) is 24.5 Å². The van der Waals surface area contributed by atoms with E-state index in [-0.39, 0.29) is 29.5 Å². The van der Waals surface area contributed by atoms with Crippen LogP contribution in [0, 0.1) is 6.92 Å². The number of hydrogen-bond acceptors (Lipinski definition) is 4. The molecule has 42 heavy (non-hydrogen) atoms. The largest absolute Gasteiger partial charge is 0.355 e. The highest BCUT2D eigenvalue weighted by molar-refractivity contribution is 7.92. The Balaban J connectivity index is 1.77. The minimum atomic E-state index is -4.16. The Morgan fingerprint density at radius 3 is 1.95 bits per heavy atom. The van der Waals surface area contributed by atoms with Crippen molar-refractivity contribution in [2.24, 2.45) is 0 Å². The lowest BCUT2D eigenvalue weighted by atomic mass is 10.0. The van der Waals surface area contributed by atoms with Crippen molar-refractivity contribution >= 4 is 39.1 Å². The molecule has 0 aliphatic rings. The quantitative estimate of drug-likeness (QED) is 0.228. The summed E-state index contributed by atoms with van der Waals surface area (Å²) >= 11 is 6.11. The summed E-state index contributed by atoms with van der Waals surface area (Å²) in [5, 5.41) is 3.29. The average Bonchev–Trinajstić information content (AvgIpc) is 2.99. The molecule has 0 bridgehead atoms. The van der Waals surface area contributed by atoms with E-state index < -0.39 is 28.5 Å². The SMILES string of the molecule is CCNC(=O)C(Cc1ccccc1)N(Cc1ccccc1)C(=O)CN(c1ccc(Cl)cc1)S(=O)(=O)c1ccc(C)cc1. The maximum atomic E-state index is 14.3. The number of aryl methyl sites for hydroxylation is 1. The van der Waals surface area contributed by atoms with E-state index in [0.29, 0.717) is 11.6 Å². The Morgan fingerprint density at radius 2 is 1.38 bits per heavy atom. The number of sulfonamides is 1. The summed E-state index contributed by atoms with van der Waals surface area (Å²) in [5.74, 6) is -0.832. The van der Waals surface area contributed by atoms with Gasteiger partial charge in [-0.05, 0) is 61.4 Å². The Hall–Kier alpha value is -4.14. The highest BCUT2D eigenvalue weighted by Crippen LogP contribution is 2.26. The Morgan fingerprint density at radius 1 is 0.810 bits per heavy atom. The monoisotopic (exact) mass is 603 g/mol. The third-order valence-electron chi connectivity index (χ3n) is 6.82. The number of likely N-dealkylation sites (N-methyl/N-ethyl adjacent to an activating group) is 1. The number of nitrogens with one attached hydrogen (secondary N) is 1. The summed E-state index contributed by atoms with van der Waals surface area (Å²) in [6.45, 7) is 3.67. The molecule has 0 aliphatic carbocycles. The molecule has 2 amide bonds. The van der Waals surface area contributed by atoms with Gasteiger partial charge < -0.3 is 10.2 Å². The lowest BCUT2D eigenvalue weighted by Gasteiger charge is -2.33. The van der Waals surface area contributed by atoms with Gasteiger partial charge in [-0.1, -0.05) is 90.0 Å². The number of amides is 2. The van der Waals surface area contributed by atoms with Crippen LogP contribution in [0.4, 0.5) is 5.69 Å². The van der Waals surface area contributed by atoms with Crippen LogP contribution in [0.2, 0.25) is 5.02 Å². The van der Waals surface area contributed by atoms with Crippen LogP contribution in [-0.2, 0) is 32.6 Å². The lowest BCUT2D eigenvalue weighted by Crippen LogP contribution is -2.53. The molecule has 0 saturated heterocycles. The fourth-order valence-electron chi connectivity index (χ4n) is 4.60. The Kier molecular flexibility index (Phi) is 10.4. The van der Waals surface area contributed by atoms with Gasteiger partial charge in [0.1, 0.15) is 12.6 Å². The number of carbonyl (C=O) groups is 2. The summed E-state index contributed by atoms with van der Waals surface area (Å²) in [7, 11) is -4.16. The first-order valence-electron chi connectivity index (χ1n) is 13.7. The van der Waals surface area contributed by atoms with Crippen molar-refractivity contribution in [2.45, 2.75) is 37.8 Å². The standard InChI is InChI=1S/C33H34ClN3O4S/c1-3-35-33(39)31(22-26-10-6-4-7-11-26)36(23-27-12-8-5-9-13-27)32(38)24-37(29-18-16-28(34)17-19-29)42(40,41)30-20-14-25(2)15-21-30/h4-21,31H,3,22-24H2,1-2H3,(H,35,39). The molecule has 4 aromatic carbocycles. The van der Waals surface area contributed by atoms with Crippen LogP contribution in [-0.4, -0.2) is 44.3 Å². The molecule has 0 saturated carbocycles. The summed E-state index contributed by atoms with van der Waals surface area (Å²) < 4.78 is 29.0. The van der Waals surface area contributed by atoms with Gasteiger partial charge in [-0.3, -0.25) is 13.9 Å². The molecule has 0 fully saturated rings. The fourth-order valence-corrected chi connectivity index (χ4v) is 6.14. The molecule has 4 rings (SSSR count). The molecule has 0 spiro atoms. The van der Waals surface area contributed by atoms with Gasteiger partial charge in [0.2, 0.25) is 11.8 Å². The van der Waals surface area contributed by atoms with Gasteiger partial charge in [-0.15, -0.1) is 0 Å². The molecular weight excluding hydrogens is 570 g/mol. The highest BCUT2D eigenvalue weighted by atomic mass is 35.5. The van der Waals surface area contributed by atoms with Gasteiger partial charge in [0.25, 0.3) is 10.0 Å². The van der Waals surface area contributed by atoms with Crippen LogP contribution < -0.4 is 9.62 Å². The second-order valence-electron chi connectivity index (χ2n) is 9.91. The molecule has 0 heterocycles. The topological polar surface area (TPSA) is 86.8 Å². The van der Waals surface area contributed by atoms with E-state index in [2.05, 4.69) is 5.32 Å². The summed E-state index contributed by atoms with van der Waals surface area (Å²) in [6.07, 6.45) is 0.261. The van der Waals surface area contributed by atoms with Crippen molar-refractivity contribution in [3.63, 3.8) is 0 Å². The fraction of sp³-hybridized carbons (Fsp3) is 0.212. The van der Waals surface area contributed by atoms with Crippen molar-refractivity contribution in [3.8, 4) is 0 Å². The molecule has 1 atom stereocenters. The third kappa shape index (κ3) is 7.78. The molecule has 1 N–H and O–H groups in total. The van der Waals surface area contributed by atoms with E-state index in [9.17, 15) is 18.0 Å².